The first kappa shape index (κ1) is 24.1. The number of carbonyl (C=O) groups is 2. The van der Waals surface area contributed by atoms with Gasteiger partial charge in [0.25, 0.3) is 0 Å². The Morgan fingerprint density at radius 2 is 1.35 bits per heavy atom. The topological polar surface area (TPSA) is 136 Å². The molecule has 0 amide bonds. The van der Waals surface area contributed by atoms with Crippen LogP contribution in [0.2, 0.25) is 0 Å². The fraction of sp³-hybridized carbons (Fsp3) is 0.875. The SMILES string of the molecule is O.O=C(O)CCCCCCCCC(=O)OC(O)CCCCCO. The molecule has 0 saturated carbocycles. The fourth-order valence-corrected chi connectivity index (χ4v) is 2.13. The number of esters is 1. The van der Waals surface area contributed by atoms with Gasteiger partial charge >= 0.3 is 11.9 Å². The second-order valence-corrected chi connectivity index (χ2v) is 5.53. The molecule has 0 saturated heterocycles. The van der Waals surface area contributed by atoms with Crippen molar-refractivity contribution < 1.29 is 35.1 Å². The second-order valence-electron chi connectivity index (χ2n) is 5.53. The lowest BCUT2D eigenvalue weighted by Crippen LogP contribution is -2.17. The van der Waals surface area contributed by atoms with Crippen LogP contribution in [0.15, 0.2) is 0 Å². The Bertz CT molecular complexity index is 294. The molecule has 0 aromatic rings. The molecule has 0 bridgehead atoms. The molecule has 0 aromatic carbocycles. The van der Waals surface area contributed by atoms with Crippen molar-refractivity contribution in [3.05, 3.63) is 0 Å². The lowest BCUT2D eigenvalue weighted by atomic mass is 10.1. The molecular weight excluding hydrogens is 304 g/mol. The summed E-state index contributed by atoms with van der Waals surface area (Å²) in [5, 5.41) is 26.6. The van der Waals surface area contributed by atoms with Crippen LogP contribution in [-0.2, 0) is 14.3 Å². The Balaban J connectivity index is 0. The minimum absolute atomic E-state index is 0. The Hall–Kier alpha value is -1.18. The lowest BCUT2D eigenvalue weighted by molar-refractivity contribution is -0.169. The zero-order valence-electron chi connectivity index (χ0n) is 13.8. The Labute approximate surface area is 138 Å². The van der Waals surface area contributed by atoms with Crippen molar-refractivity contribution in [1.29, 1.82) is 0 Å². The molecule has 0 aliphatic heterocycles. The summed E-state index contributed by atoms with van der Waals surface area (Å²) < 4.78 is 4.89. The standard InChI is InChI=1S/C16H30O6.H2O/c17-13-9-5-8-12-16(21)22-15(20)11-7-4-2-1-3-6-10-14(18)19;/h16-17,21H,1-13H2,(H,18,19);1H2. The predicted octanol–water partition coefficient (Wildman–Crippen LogP) is 1.78. The minimum atomic E-state index is -1.04. The van der Waals surface area contributed by atoms with Gasteiger partial charge in [-0.25, -0.2) is 0 Å². The molecule has 1 atom stereocenters. The summed E-state index contributed by atoms with van der Waals surface area (Å²) in [5.41, 5.74) is 0. The van der Waals surface area contributed by atoms with Gasteiger partial charge in [-0.1, -0.05) is 32.1 Å². The highest BCUT2D eigenvalue weighted by atomic mass is 16.6. The van der Waals surface area contributed by atoms with Gasteiger partial charge in [-0.15, -0.1) is 0 Å². The molecule has 0 rings (SSSR count). The van der Waals surface area contributed by atoms with Gasteiger partial charge < -0.3 is 25.5 Å². The van der Waals surface area contributed by atoms with Gasteiger partial charge in [0.15, 0.2) is 0 Å². The zero-order valence-corrected chi connectivity index (χ0v) is 13.8. The molecule has 7 nitrogen and oxygen atoms in total. The van der Waals surface area contributed by atoms with Crippen LogP contribution in [0.5, 0.6) is 0 Å². The third kappa shape index (κ3) is 18.8. The average molecular weight is 336 g/mol. The van der Waals surface area contributed by atoms with Gasteiger partial charge in [-0.3, -0.25) is 9.59 Å². The van der Waals surface area contributed by atoms with E-state index in [-0.39, 0.29) is 24.5 Å². The van der Waals surface area contributed by atoms with E-state index in [0.717, 1.165) is 44.9 Å². The molecule has 0 spiro atoms. The monoisotopic (exact) mass is 336 g/mol. The van der Waals surface area contributed by atoms with E-state index < -0.39 is 12.3 Å². The van der Waals surface area contributed by atoms with Crippen LogP contribution in [0.4, 0.5) is 0 Å². The molecular formula is C16H32O7. The summed E-state index contributed by atoms with van der Waals surface area (Å²) in [6.07, 6.45) is 7.37. The molecule has 0 heterocycles. The van der Waals surface area contributed by atoms with Gasteiger partial charge in [0.1, 0.15) is 0 Å². The van der Waals surface area contributed by atoms with Gasteiger partial charge in [-0.2, -0.15) is 0 Å². The first-order valence-corrected chi connectivity index (χ1v) is 8.26. The molecule has 0 fully saturated rings. The molecule has 1 unspecified atom stereocenters. The number of hydrogen-bond acceptors (Lipinski definition) is 5. The van der Waals surface area contributed by atoms with E-state index in [0.29, 0.717) is 25.7 Å². The van der Waals surface area contributed by atoms with E-state index in [2.05, 4.69) is 0 Å². The number of aliphatic hydroxyl groups is 2. The maximum Gasteiger partial charge on any atom is 0.308 e. The van der Waals surface area contributed by atoms with Crippen molar-refractivity contribution in [3.63, 3.8) is 0 Å². The molecule has 0 radical (unpaired) electrons. The third-order valence-corrected chi connectivity index (χ3v) is 3.40. The number of unbranched alkanes of at least 4 members (excludes halogenated alkanes) is 7. The number of aliphatic carboxylic acids is 1. The number of hydrogen-bond donors (Lipinski definition) is 3. The molecule has 23 heavy (non-hydrogen) atoms. The Morgan fingerprint density at radius 3 is 1.91 bits per heavy atom. The third-order valence-electron chi connectivity index (χ3n) is 3.40. The summed E-state index contributed by atoms with van der Waals surface area (Å²) in [7, 11) is 0. The van der Waals surface area contributed by atoms with Crippen LogP contribution in [0.25, 0.3) is 0 Å². The van der Waals surface area contributed by atoms with E-state index in [1.165, 1.54) is 0 Å². The lowest BCUT2D eigenvalue weighted by Gasteiger charge is -2.11. The van der Waals surface area contributed by atoms with Crippen LogP contribution < -0.4 is 0 Å². The van der Waals surface area contributed by atoms with Crippen molar-refractivity contribution in [2.75, 3.05) is 6.61 Å². The van der Waals surface area contributed by atoms with Crippen molar-refractivity contribution in [2.45, 2.75) is 83.3 Å². The van der Waals surface area contributed by atoms with Crippen molar-refractivity contribution >= 4 is 11.9 Å². The number of rotatable bonds is 15. The normalized spacial score (nSPS) is 11.6. The maximum absolute atomic E-state index is 11.5. The highest BCUT2D eigenvalue weighted by Gasteiger charge is 2.10. The van der Waals surface area contributed by atoms with Crippen molar-refractivity contribution in [1.82, 2.24) is 0 Å². The highest BCUT2D eigenvalue weighted by molar-refractivity contribution is 5.69. The number of carboxylic acids is 1. The van der Waals surface area contributed by atoms with Crippen LogP contribution >= 0.6 is 0 Å². The fourth-order valence-electron chi connectivity index (χ4n) is 2.13. The van der Waals surface area contributed by atoms with Crippen molar-refractivity contribution in [3.8, 4) is 0 Å². The van der Waals surface area contributed by atoms with Gasteiger partial charge in [0, 0.05) is 25.9 Å². The summed E-state index contributed by atoms with van der Waals surface area (Å²) in [4.78, 5) is 21.8. The second kappa shape index (κ2) is 17.2. The van der Waals surface area contributed by atoms with Crippen LogP contribution in [-0.4, -0.2) is 45.6 Å². The number of carboxylic acid groups (broad SMARTS) is 1. The Kier molecular flexibility index (Phi) is 18.0. The summed E-state index contributed by atoms with van der Waals surface area (Å²) >= 11 is 0. The first-order valence-electron chi connectivity index (χ1n) is 8.26. The first-order chi connectivity index (χ1) is 10.6. The quantitative estimate of drug-likeness (QED) is 0.237. The van der Waals surface area contributed by atoms with Gasteiger partial charge in [-0.05, 0) is 25.7 Å². The number of ether oxygens (including phenoxy) is 1. The van der Waals surface area contributed by atoms with Crippen molar-refractivity contribution in [2.24, 2.45) is 0 Å². The molecule has 0 aliphatic rings. The van der Waals surface area contributed by atoms with Gasteiger partial charge in [0.2, 0.25) is 6.29 Å². The van der Waals surface area contributed by atoms with E-state index in [9.17, 15) is 14.7 Å². The van der Waals surface area contributed by atoms with E-state index in [4.69, 9.17) is 14.9 Å². The predicted molar refractivity (Wildman–Crippen MR) is 85.8 cm³/mol. The smallest absolute Gasteiger partial charge is 0.308 e. The average Bonchev–Trinajstić information content (AvgIpc) is 2.46. The maximum atomic E-state index is 11.5. The largest absolute Gasteiger partial charge is 0.481 e. The zero-order chi connectivity index (χ0) is 16.6. The highest BCUT2D eigenvalue weighted by Crippen LogP contribution is 2.10. The summed E-state index contributed by atoms with van der Waals surface area (Å²) in [5.74, 6) is -1.13. The van der Waals surface area contributed by atoms with E-state index in [1.807, 2.05) is 0 Å². The molecule has 138 valence electrons. The number of carbonyl (C=O) groups excluding carboxylic acids is 1. The number of aliphatic hydroxyl groups excluding tert-OH is 2. The summed E-state index contributed by atoms with van der Waals surface area (Å²) in [6.45, 7) is 0.145. The van der Waals surface area contributed by atoms with E-state index >= 15 is 0 Å². The Morgan fingerprint density at radius 1 is 0.826 bits per heavy atom. The van der Waals surface area contributed by atoms with Gasteiger partial charge in [0.05, 0.1) is 0 Å². The van der Waals surface area contributed by atoms with E-state index in [1.54, 1.807) is 0 Å². The molecule has 5 N–H and O–H groups in total. The molecule has 0 aromatic heterocycles. The summed E-state index contributed by atoms with van der Waals surface area (Å²) in [6, 6.07) is 0. The van der Waals surface area contributed by atoms with Crippen LogP contribution in [0, 0.1) is 0 Å². The minimum Gasteiger partial charge on any atom is -0.481 e. The van der Waals surface area contributed by atoms with Crippen LogP contribution in [0.1, 0.15) is 77.0 Å². The molecule has 7 heteroatoms. The molecule has 0 aliphatic carbocycles. The van der Waals surface area contributed by atoms with Crippen LogP contribution in [0.3, 0.4) is 0 Å².